The predicted octanol–water partition coefficient (Wildman–Crippen LogP) is 3.53. The van der Waals surface area contributed by atoms with E-state index in [1.807, 2.05) is 13.1 Å². The lowest BCUT2D eigenvalue weighted by Gasteiger charge is -2.15. The summed E-state index contributed by atoms with van der Waals surface area (Å²) in [7, 11) is 2.00. The highest BCUT2D eigenvalue weighted by Crippen LogP contribution is 2.20. The maximum atomic E-state index is 3.89. The van der Waals surface area contributed by atoms with Crippen LogP contribution in [0.4, 0.5) is 0 Å². The van der Waals surface area contributed by atoms with Crippen LogP contribution in [0.15, 0.2) is 24.3 Å². The van der Waals surface area contributed by atoms with Gasteiger partial charge in [-0.15, -0.1) is 0 Å². The maximum Gasteiger partial charge on any atom is 0.00704 e. The van der Waals surface area contributed by atoms with E-state index in [1.165, 1.54) is 18.4 Å². The van der Waals surface area contributed by atoms with Crippen molar-refractivity contribution in [3.8, 4) is 0 Å². The number of hydrogen-bond donors (Lipinski definition) is 1. The minimum Gasteiger partial charge on any atom is -0.317 e. The Balaban J connectivity index is 4.29. The van der Waals surface area contributed by atoms with Crippen molar-refractivity contribution in [2.75, 3.05) is 7.05 Å². The molecule has 0 aliphatic rings. The molecule has 1 N–H and O–H groups in total. The minimum atomic E-state index is 0.555. The molecule has 0 spiro atoms. The predicted molar refractivity (Wildman–Crippen MR) is 65.5 cm³/mol. The maximum absolute atomic E-state index is 3.89. The van der Waals surface area contributed by atoms with Crippen LogP contribution >= 0.6 is 0 Å². The summed E-state index contributed by atoms with van der Waals surface area (Å²) in [5, 5.41) is 3.24. The SMILES string of the molecule is C=C/C(=C\C[C@@H](C)NC)C(CC)CC. The highest BCUT2D eigenvalue weighted by molar-refractivity contribution is 5.19. The van der Waals surface area contributed by atoms with Gasteiger partial charge in [-0.05, 0) is 44.7 Å². The molecule has 0 saturated carbocycles. The summed E-state index contributed by atoms with van der Waals surface area (Å²) in [5.74, 6) is 0.691. The zero-order valence-electron chi connectivity index (χ0n) is 10.1. The van der Waals surface area contributed by atoms with Crippen molar-refractivity contribution in [2.24, 2.45) is 5.92 Å². The fourth-order valence-corrected chi connectivity index (χ4v) is 1.61. The van der Waals surface area contributed by atoms with Gasteiger partial charge >= 0.3 is 0 Å². The van der Waals surface area contributed by atoms with Crippen LogP contribution in [0.1, 0.15) is 40.0 Å². The van der Waals surface area contributed by atoms with E-state index < -0.39 is 0 Å². The molecule has 1 heteroatoms. The second-order valence-corrected chi connectivity index (χ2v) is 3.85. The van der Waals surface area contributed by atoms with Crippen LogP contribution in [0.3, 0.4) is 0 Å². The quantitative estimate of drug-likeness (QED) is 0.613. The highest BCUT2D eigenvalue weighted by atomic mass is 14.8. The third-order valence-electron chi connectivity index (χ3n) is 2.89. The van der Waals surface area contributed by atoms with Crippen molar-refractivity contribution in [3.05, 3.63) is 24.3 Å². The smallest absolute Gasteiger partial charge is 0.00704 e. The zero-order chi connectivity index (χ0) is 11.0. The summed E-state index contributed by atoms with van der Waals surface area (Å²) in [4.78, 5) is 0. The average molecular weight is 195 g/mol. The first-order valence-corrected chi connectivity index (χ1v) is 5.69. The Morgan fingerprint density at radius 3 is 2.29 bits per heavy atom. The highest BCUT2D eigenvalue weighted by Gasteiger charge is 2.06. The molecule has 1 atom stereocenters. The van der Waals surface area contributed by atoms with Crippen molar-refractivity contribution in [2.45, 2.75) is 46.1 Å². The Labute approximate surface area is 89.3 Å². The molecule has 0 aromatic rings. The third-order valence-corrected chi connectivity index (χ3v) is 2.89. The topological polar surface area (TPSA) is 12.0 Å². The van der Waals surface area contributed by atoms with Crippen molar-refractivity contribution in [3.63, 3.8) is 0 Å². The first kappa shape index (κ1) is 13.4. The Morgan fingerprint density at radius 2 is 1.93 bits per heavy atom. The van der Waals surface area contributed by atoms with E-state index >= 15 is 0 Å². The van der Waals surface area contributed by atoms with Crippen molar-refractivity contribution < 1.29 is 0 Å². The lowest BCUT2D eigenvalue weighted by Crippen LogP contribution is -2.20. The van der Waals surface area contributed by atoms with Crippen LogP contribution < -0.4 is 5.32 Å². The van der Waals surface area contributed by atoms with Crippen LogP contribution in [0, 0.1) is 5.92 Å². The molecule has 82 valence electrons. The van der Waals surface area contributed by atoms with E-state index in [0.717, 1.165) is 6.42 Å². The first-order chi connectivity index (χ1) is 6.69. The van der Waals surface area contributed by atoms with Gasteiger partial charge in [-0.3, -0.25) is 0 Å². The second-order valence-electron chi connectivity index (χ2n) is 3.85. The molecule has 0 fully saturated rings. The minimum absolute atomic E-state index is 0.555. The molecule has 0 aliphatic heterocycles. The molecular formula is C13H25N. The van der Waals surface area contributed by atoms with E-state index in [-0.39, 0.29) is 0 Å². The normalized spacial score (nSPS) is 14.5. The lowest BCUT2D eigenvalue weighted by molar-refractivity contribution is 0.571. The van der Waals surface area contributed by atoms with Crippen LogP contribution in [0.2, 0.25) is 0 Å². The van der Waals surface area contributed by atoms with E-state index in [1.54, 1.807) is 0 Å². The molecule has 0 saturated heterocycles. The van der Waals surface area contributed by atoms with Gasteiger partial charge in [0, 0.05) is 6.04 Å². The Morgan fingerprint density at radius 1 is 1.36 bits per heavy atom. The molecule has 0 radical (unpaired) electrons. The van der Waals surface area contributed by atoms with Gasteiger partial charge < -0.3 is 5.32 Å². The molecule has 0 aliphatic carbocycles. The van der Waals surface area contributed by atoms with E-state index in [9.17, 15) is 0 Å². The number of nitrogens with one attached hydrogen (secondary N) is 1. The van der Waals surface area contributed by atoms with E-state index in [4.69, 9.17) is 0 Å². The third kappa shape index (κ3) is 4.61. The van der Waals surface area contributed by atoms with Gasteiger partial charge in [0.05, 0.1) is 0 Å². The summed E-state index contributed by atoms with van der Waals surface area (Å²) < 4.78 is 0. The molecular weight excluding hydrogens is 170 g/mol. The Kier molecular flexibility index (Phi) is 7.50. The first-order valence-electron chi connectivity index (χ1n) is 5.69. The van der Waals surface area contributed by atoms with Crippen LogP contribution in [0.25, 0.3) is 0 Å². The average Bonchev–Trinajstić information content (AvgIpc) is 2.23. The molecule has 0 rings (SSSR count). The fourth-order valence-electron chi connectivity index (χ4n) is 1.61. The Hall–Kier alpha value is -0.560. The van der Waals surface area contributed by atoms with Crippen molar-refractivity contribution in [1.29, 1.82) is 0 Å². The molecule has 0 heterocycles. The standard InChI is InChI=1S/C13H25N/c1-6-12(7-2)13(8-3)10-9-11(4)14-5/h8,10-12,14H,3,6-7,9H2,1-2,4-5H3/b13-10+/t11-/m1/s1. The molecule has 0 aromatic carbocycles. The summed E-state index contributed by atoms with van der Waals surface area (Å²) >= 11 is 0. The van der Waals surface area contributed by atoms with Crippen LogP contribution in [-0.4, -0.2) is 13.1 Å². The molecule has 1 nitrogen and oxygen atoms in total. The van der Waals surface area contributed by atoms with Gasteiger partial charge in [-0.2, -0.15) is 0 Å². The van der Waals surface area contributed by atoms with Crippen LogP contribution in [0.5, 0.6) is 0 Å². The van der Waals surface area contributed by atoms with E-state index in [0.29, 0.717) is 12.0 Å². The number of allylic oxidation sites excluding steroid dienone is 2. The molecule has 0 unspecified atom stereocenters. The van der Waals surface area contributed by atoms with Crippen molar-refractivity contribution >= 4 is 0 Å². The zero-order valence-corrected chi connectivity index (χ0v) is 10.1. The largest absolute Gasteiger partial charge is 0.317 e. The van der Waals surface area contributed by atoms with Gasteiger partial charge in [0.2, 0.25) is 0 Å². The Bertz CT molecular complexity index is 178. The summed E-state index contributed by atoms with van der Waals surface area (Å²) in [6, 6.07) is 0.555. The van der Waals surface area contributed by atoms with Crippen LogP contribution in [-0.2, 0) is 0 Å². The van der Waals surface area contributed by atoms with Crippen molar-refractivity contribution in [1.82, 2.24) is 5.32 Å². The molecule has 0 bridgehead atoms. The summed E-state index contributed by atoms with van der Waals surface area (Å²) in [5.41, 5.74) is 1.41. The molecule has 14 heavy (non-hydrogen) atoms. The number of hydrogen-bond acceptors (Lipinski definition) is 1. The second kappa shape index (κ2) is 7.81. The van der Waals surface area contributed by atoms with E-state index in [2.05, 4.69) is 38.7 Å². The van der Waals surface area contributed by atoms with Gasteiger partial charge in [0.15, 0.2) is 0 Å². The lowest BCUT2D eigenvalue weighted by atomic mass is 9.92. The monoisotopic (exact) mass is 195 g/mol. The molecule has 0 aromatic heterocycles. The number of rotatable bonds is 7. The van der Waals surface area contributed by atoms with Gasteiger partial charge in [0.1, 0.15) is 0 Å². The molecule has 0 amide bonds. The summed E-state index contributed by atoms with van der Waals surface area (Å²) in [6.07, 6.45) is 7.85. The van der Waals surface area contributed by atoms with Gasteiger partial charge in [-0.1, -0.05) is 32.6 Å². The summed E-state index contributed by atoms with van der Waals surface area (Å²) in [6.45, 7) is 10.6. The van der Waals surface area contributed by atoms with Gasteiger partial charge in [-0.25, -0.2) is 0 Å². The van der Waals surface area contributed by atoms with Gasteiger partial charge in [0.25, 0.3) is 0 Å². The fraction of sp³-hybridized carbons (Fsp3) is 0.692.